The first-order chi connectivity index (χ1) is 15.2. The van der Waals surface area contributed by atoms with E-state index in [0.29, 0.717) is 0 Å². The first-order valence-electron chi connectivity index (χ1n) is 10.7. The number of fused-ring (bicyclic) bond motifs is 2. The molecule has 1 saturated heterocycles. The van der Waals surface area contributed by atoms with E-state index < -0.39 is 0 Å². The van der Waals surface area contributed by atoms with Gasteiger partial charge in [0, 0.05) is 42.8 Å². The molecule has 31 heavy (non-hydrogen) atoms. The number of H-pyrrole nitrogens is 2. The Morgan fingerprint density at radius 3 is 2.65 bits per heavy atom. The average molecular weight is 413 g/mol. The van der Waals surface area contributed by atoms with Gasteiger partial charge in [0.05, 0.1) is 35.0 Å². The van der Waals surface area contributed by atoms with Crippen molar-refractivity contribution in [3.05, 3.63) is 42.6 Å². The van der Waals surface area contributed by atoms with Crippen molar-refractivity contribution in [2.45, 2.75) is 26.2 Å². The molecule has 0 aliphatic carbocycles. The second-order valence-electron chi connectivity index (χ2n) is 8.26. The van der Waals surface area contributed by atoms with Gasteiger partial charge in [-0.25, -0.2) is 9.97 Å². The minimum absolute atomic E-state index is 0.875. The third-order valence-electron chi connectivity index (χ3n) is 6.39. The van der Waals surface area contributed by atoms with Gasteiger partial charge >= 0.3 is 0 Å². The van der Waals surface area contributed by atoms with Gasteiger partial charge in [0.2, 0.25) is 0 Å². The highest BCUT2D eigenvalue weighted by Gasteiger charge is 2.18. The van der Waals surface area contributed by atoms with Crippen molar-refractivity contribution >= 4 is 27.6 Å². The minimum atomic E-state index is 0.875. The summed E-state index contributed by atoms with van der Waals surface area (Å²) in [6.45, 7) is 4.19. The minimum Gasteiger partial charge on any atom is -0.371 e. The first-order valence-corrected chi connectivity index (χ1v) is 10.7. The van der Waals surface area contributed by atoms with E-state index in [1.807, 2.05) is 37.1 Å². The van der Waals surface area contributed by atoms with E-state index in [1.54, 1.807) is 0 Å². The molecule has 0 saturated carbocycles. The molecule has 5 aromatic rings. The molecule has 0 amide bonds. The number of nitrogens with one attached hydrogen (secondary N) is 2. The largest absolute Gasteiger partial charge is 0.371 e. The Labute approximate surface area is 179 Å². The summed E-state index contributed by atoms with van der Waals surface area (Å²) in [5.41, 5.74) is 6.74. The Hall–Kier alpha value is -3.68. The highest BCUT2D eigenvalue weighted by Crippen LogP contribution is 2.34. The maximum absolute atomic E-state index is 4.62. The number of anilines is 1. The monoisotopic (exact) mass is 412 g/mol. The number of piperidine rings is 1. The van der Waals surface area contributed by atoms with Gasteiger partial charge in [0.1, 0.15) is 17.2 Å². The number of hydrogen-bond acceptors (Lipinski definition) is 5. The summed E-state index contributed by atoms with van der Waals surface area (Å²) in [7, 11) is 2.01. The van der Waals surface area contributed by atoms with E-state index >= 15 is 0 Å². The molecule has 0 atom stereocenters. The summed E-state index contributed by atoms with van der Waals surface area (Å²) in [5, 5.41) is 9.90. The fraction of sp³-hybridized carbons (Fsp3) is 0.304. The zero-order chi connectivity index (χ0) is 20.9. The van der Waals surface area contributed by atoms with Gasteiger partial charge < -0.3 is 14.5 Å². The van der Waals surface area contributed by atoms with Gasteiger partial charge in [-0.2, -0.15) is 5.10 Å². The van der Waals surface area contributed by atoms with Crippen molar-refractivity contribution in [2.75, 3.05) is 18.0 Å². The third-order valence-corrected chi connectivity index (χ3v) is 6.39. The Kier molecular flexibility index (Phi) is 4.05. The topological polar surface area (TPSA) is 91.3 Å². The van der Waals surface area contributed by atoms with Crippen LogP contribution in [0.2, 0.25) is 0 Å². The van der Waals surface area contributed by atoms with Crippen LogP contribution in [0.3, 0.4) is 0 Å². The zero-order valence-corrected chi connectivity index (χ0v) is 17.7. The van der Waals surface area contributed by atoms with Gasteiger partial charge in [0.15, 0.2) is 0 Å². The molecule has 0 unspecified atom stereocenters. The lowest BCUT2D eigenvalue weighted by atomic mass is 10.1. The Morgan fingerprint density at radius 1 is 0.968 bits per heavy atom. The summed E-state index contributed by atoms with van der Waals surface area (Å²) < 4.78 is 2.05. The molecule has 6 rings (SSSR count). The quantitative estimate of drug-likeness (QED) is 0.463. The molecule has 0 bridgehead atoms. The van der Waals surface area contributed by atoms with Crippen LogP contribution in [0.5, 0.6) is 0 Å². The number of aryl methyl sites for hydroxylation is 1. The Balaban J connectivity index is 1.47. The molecule has 5 aromatic heterocycles. The standard InChI is InChI=1S/C23H24N8/c1-14-25-13-21(30(14)2)17-10-15-19(12-26-17)28-29-22(15)18-11-16-20(6-7-24-23(16)27-18)31-8-4-3-5-9-31/h6-7,10-13H,3-5,8-9H2,1-2H3,(H,24,27)(H,28,29). The molecule has 1 aliphatic rings. The lowest BCUT2D eigenvalue weighted by molar-refractivity contribution is 0.579. The van der Waals surface area contributed by atoms with Crippen LogP contribution in [0.25, 0.3) is 44.7 Å². The molecule has 0 radical (unpaired) electrons. The van der Waals surface area contributed by atoms with E-state index in [-0.39, 0.29) is 0 Å². The molecule has 0 spiro atoms. The molecule has 1 fully saturated rings. The van der Waals surface area contributed by atoms with E-state index in [9.17, 15) is 0 Å². The van der Waals surface area contributed by atoms with E-state index in [0.717, 1.165) is 63.6 Å². The fourth-order valence-electron chi connectivity index (χ4n) is 4.55. The molecular weight excluding hydrogens is 388 g/mol. The number of pyridine rings is 2. The highest BCUT2D eigenvalue weighted by molar-refractivity contribution is 5.99. The molecule has 0 aromatic carbocycles. The van der Waals surface area contributed by atoms with Gasteiger partial charge in [-0.15, -0.1) is 0 Å². The molecule has 6 heterocycles. The van der Waals surface area contributed by atoms with Crippen molar-refractivity contribution in [2.24, 2.45) is 7.05 Å². The van der Waals surface area contributed by atoms with Crippen LogP contribution in [0.15, 0.2) is 36.8 Å². The molecular formula is C23H24N8. The summed E-state index contributed by atoms with van der Waals surface area (Å²) in [6.07, 6.45) is 9.39. The maximum atomic E-state index is 4.62. The van der Waals surface area contributed by atoms with Crippen LogP contribution in [0.4, 0.5) is 5.69 Å². The second-order valence-corrected chi connectivity index (χ2v) is 8.26. The highest BCUT2D eigenvalue weighted by atomic mass is 15.1. The number of imidazole rings is 1. The van der Waals surface area contributed by atoms with Crippen molar-refractivity contribution in [1.82, 2.24) is 34.7 Å². The zero-order valence-electron chi connectivity index (χ0n) is 17.7. The van der Waals surface area contributed by atoms with Gasteiger partial charge in [-0.1, -0.05) is 0 Å². The summed E-state index contributed by atoms with van der Waals surface area (Å²) in [5.74, 6) is 0.955. The van der Waals surface area contributed by atoms with E-state index in [4.69, 9.17) is 0 Å². The van der Waals surface area contributed by atoms with Crippen LogP contribution < -0.4 is 4.90 Å². The van der Waals surface area contributed by atoms with Crippen molar-refractivity contribution < 1.29 is 0 Å². The number of aromatic nitrogens is 7. The van der Waals surface area contributed by atoms with Crippen LogP contribution in [-0.2, 0) is 7.05 Å². The molecule has 1 aliphatic heterocycles. The van der Waals surface area contributed by atoms with Crippen LogP contribution in [0.1, 0.15) is 25.1 Å². The van der Waals surface area contributed by atoms with E-state index in [1.165, 1.54) is 24.9 Å². The second kappa shape index (κ2) is 6.94. The van der Waals surface area contributed by atoms with Crippen LogP contribution in [0, 0.1) is 6.92 Å². The molecule has 8 nitrogen and oxygen atoms in total. The Bertz CT molecular complexity index is 1400. The summed E-state index contributed by atoms with van der Waals surface area (Å²) in [6, 6.07) is 6.38. The van der Waals surface area contributed by atoms with Gasteiger partial charge in [-0.3, -0.25) is 10.1 Å². The third kappa shape index (κ3) is 2.90. The molecule has 156 valence electrons. The predicted octanol–water partition coefficient (Wildman–Crippen LogP) is 4.20. The fourth-order valence-corrected chi connectivity index (χ4v) is 4.55. The lowest BCUT2D eigenvalue weighted by Gasteiger charge is -2.29. The number of nitrogens with zero attached hydrogens (tertiary/aromatic N) is 6. The van der Waals surface area contributed by atoms with Crippen molar-refractivity contribution in [3.63, 3.8) is 0 Å². The van der Waals surface area contributed by atoms with Crippen LogP contribution in [-0.4, -0.2) is 47.8 Å². The van der Waals surface area contributed by atoms with Gasteiger partial charge in [-0.05, 0) is 44.4 Å². The van der Waals surface area contributed by atoms with Crippen molar-refractivity contribution in [1.29, 1.82) is 0 Å². The van der Waals surface area contributed by atoms with Crippen LogP contribution >= 0.6 is 0 Å². The smallest absolute Gasteiger partial charge is 0.139 e. The SMILES string of the molecule is Cc1ncc(-c2cc3c(-c4cc5c(N6CCCCC6)ccnc5[nH]4)n[nH]c3cn2)n1C. The Morgan fingerprint density at radius 2 is 1.84 bits per heavy atom. The average Bonchev–Trinajstić information content (AvgIpc) is 3.50. The molecule has 8 heteroatoms. The van der Waals surface area contributed by atoms with Gasteiger partial charge in [0.25, 0.3) is 0 Å². The maximum Gasteiger partial charge on any atom is 0.139 e. The molecule has 2 N–H and O–H groups in total. The summed E-state index contributed by atoms with van der Waals surface area (Å²) in [4.78, 5) is 19.6. The normalized spacial score (nSPS) is 14.7. The van der Waals surface area contributed by atoms with Crippen molar-refractivity contribution in [3.8, 4) is 22.8 Å². The summed E-state index contributed by atoms with van der Waals surface area (Å²) >= 11 is 0. The first kappa shape index (κ1) is 18.1. The lowest BCUT2D eigenvalue weighted by Crippen LogP contribution is -2.29. The number of rotatable bonds is 3. The predicted molar refractivity (Wildman–Crippen MR) is 122 cm³/mol. The number of hydrogen-bond donors (Lipinski definition) is 2. The van der Waals surface area contributed by atoms with E-state index in [2.05, 4.69) is 53.2 Å². The number of aromatic amines is 2.